The maximum atomic E-state index is 11.7. The lowest BCUT2D eigenvalue weighted by Gasteiger charge is -2.07. The highest BCUT2D eigenvalue weighted by atomic mass is 79.9. The fourth-order valence-electron chi connectivity index (χ4n) is 1.30. The van der Waals surface area contributed by atoms with Gasteiger partial charge in [0, 0.05) is 15.7 Å². The zero-order valence-corrected chi connectivity index (χ0v) is 11.4. The maximum absolute atomic E-state index is 11.7. The van der Waals surface area contributed by atoms with Gasteiger partial charge in [0.1, 0.15) is 0 Å². The van der Waals surface area contributed by atoms with Gasteiger partial charge in [-0.3, -0.25) is 4.79 Å². The van der Waals surface area contributed by atoms with E-state index in [4.69, 9.17) is 0 Å². The van der Waals surface area contributed by atoms with Crippen molar-refractivity contribution < 1.29 is 4.79 Å². The summed E-state index contributed by atoms with van der Waals surface area (Å²) >= 11 is 3.44. The molecule has 3 heteroatoms. The molecule has 2 nitrogen and oxygen atoms in total. The largest absolute Gasteiger partial charge is 0.322 e. The molecule has 1 rings (SSSR count). The number of aryl methyl sites for hydroxylation is 1. The third-order valence-electron chi connectivity index (χ3n) is 2.30. The molecule has 0 aliphatic rings. The molecule has 0 aliphatic carbocycles. The van der Waals surface area contributed by atoms with Crippen molar-refractivity contribution in [2.75, 3.05) is 5.32 Å². The van der Waals surface area contributed by atoms with Crippen LogP contribution in [0.25, 0.3) is 0 Å². The molecule has 0 fully saturated rings. The summed E-state index contributed by atoms with van der Waals surface area (Å²) in [4.78, 5) is 11.7. The number of rotatable bonds is 3. The first kappa shape index (κ1) is 13.0. The zero-order valence-electron chi connectivity index (χ0n) is 9.80. The second-order valence-corrected chi connectivity index (χ2v) is 4.57. The van der Waals surface area contributed by atoms with Gasteiger partial charge in [0.15, 0.2) is 0 Å². The molecule has 1 aromatic carbocycles. The molecule has 1 N–H and O–H groups in total. The third-order valence-corrected chi connectivity index (χ3v) is 3.15. The van der Waals surface area contributed by atoms with Crippen molar-refractivity contribution in [2.24, 2.45) is 0 Å². The van der Waals surface area contributed by atoms with Crippen LogP contribution in [-0.4, -0.2) is 5.91 Å². The molecule has 0 aliphatic heterocycles. The minimum Gasteiger partial charge on any atom is -0.322 e. The molecule has 0 unspecified atom stereocenters. The molecular weight excluding hydrogens is 266 g/mol. The Labute approximate surface area is 105 Å². The van der Waals surface area contributed by atoms with Gasteiger partial charge in [0.25, 0.3) is 5.91 Å². The highest BCUT2D eigenvalue weighted by molar-refractivity contribution is 9.10. The van der Waals surface area contributed by atoms with Crippen LogP contribution in [-0.2, 0) is 4.79 Å². The van der Waals surface area contributed by atoms with Crippen LogP contribution in [0.1, 0.15) is 25.8 Å². The van der Waals surface area contributed by atoms with Crippen LogP contribution in [0, 0.1) is 6.92 Å². The summed E-state index contributed by atoms with van der Waals surface area (Å²) < 4.78 is 1.00. The van der Waals surface area contributed by atoms with Crippen LogP contribution < -0.4 is 5.32 Å². The van der Waals surface area contributed by atoms with Gasteiger partial charge in [-0.15, -0.1) is 0 Å². The highest BCUT2D eigenvalue weighted by Gasteiger charge is 2.04. The van der Waals surface area contributed by atoms with Gasteiger partial charge in [-0.25, -0.2) is 0 Å². The van der Waals surface area contributed by atoms with E-state index in [1.54, 1.807) is 0 Å². The molecule has 0 bridgehead atoms. The standard InChI is InChI=1S/C13H16BrNO/c1-4-5-10(3)13(16)15-11-7-6-9(2)12(14)8-11/h5-8H,4H2,1-3H3,(H,15,16)/b10-5-. The Bertz CT molecular complexity index is 424. The molecular formula is C13H16BrNO. The van der Waals surface area contributed by atoms with Gasteiger partial charge in [-0.05, 0) is 38.0 Å². The van der Waals surface area contributed by atoms with Crippen molar-refractivity contribution in [1.29, 1.82) is 0 Å². The number of anilines is 1. The van der Waals surface area contributed by atoms with Gasteiger partial charge < -0.3 is 5.32 Å². The maximum Gasteiger partial charge on any atom is 0.250 e. The number of benzene rings is 1. The molecule has 0 aromatic heterocycles. The van der Waals surface area contributed by atoms with Crippen molar-refractivity contribution in [2.45, 2.75) is 27.2 Å². The smallest absolute Gasteiger partial charge is 0.250 e. The van der Waals surface area contributed by atoms with Gasteiger partial charge in [-0.2, -0.15) is 0 Å². The predicted octanol–water partition coefficient (Wildman–Crippen LogP) is 4.05. The number of carbonyl (C=O) groups excluding carboxylic acids is 1. The number of allylic oxidation sites excluding steroid dienone is 1. The molecule has 0 heterocycles. The average molecular weight is 282 g/mol. The van der Waals surface area contributed by atoms with E-state index < -0.39 is 0 Å². The van der Waals surface area contributed by atoms with Crippen LogP contribution in [0.15, 0.2) is 34.3 Å². The zero-order chi connectivity index (χ0) is 12.1. The Morgan fingerprint density at radius 2 is 2.19 bits per heavy atom. The molecule has 0 saturated heterocycles. The second-order valence-electron chi connectivity index (χ2n) is 3.71. The molecule has 0 atom stereocenters. The lowest BCUT2D eigenvalue weighted by Crippen LogP contribution is -2.12. The number of nitrogens with one attached hydrogen (secondary N) is 1. The van der Waals surface area contributed by atoms with Gasteiger partial charge >= 0.3 is 0 Å². The Hall–Kier alpha value is -1.09. The van der Waals surface area contributed by atoms with E-state index in [1.807, 2.05) is 45.0 Å². The van der Waals surface area contributed by atoms with Gasteiger partial charge in [-0.1, -0.05) is 35.0 Å². The van der Waals surface area contributed by atoms with Crippen molar-refractivity contribution in [3.05, 3.63) is 39.9 Å². The predicted molar refractivity (Wildman–Crippen MR) is 71.6 cm³/mol. The van der Waals surface area contributed by atoms with Crippen LogP contribution in [0.3, 0.4) is 0 Å². The Morgan fingerprint density at radius 1 is 1.50 bits per heavy atom. The number of halogens is 1. The monoisotopic (exact) mass is 281 g/mol. The minimum atomic E-state index is -0.0439. The van der Waals surface area contributed by atoms with E-state index in [-0.39, 0.29) is 5.91 Å². The average Bonchev–Trinajstić information content (AvgIpc) is 2.24. The fraction of sp³-hybridized carbons (Fsp3) is 0.308. The SMILES string of the molecule is CC/C=C(/C)C(=O)Nc1ccc(C)c(Br)c1. The van der Waals surface area contributed by atoms with E-state index in [0.717, 1.165) is 27.7 Å². The van der Waals surface area contributed by atoms with Gasteiger partial charge in [0.2, 0.25) is 0 Å². The first-order chi connectivity index (χ1) is 7.54. The lowest BCUT2D eigenvalue weighted by atomic mass is 10.2. The molecule has 1 amide bonds. The Morgan fingerprint density at radius 3 is 2.75 bits per heavy atom. The summed E-state index contributed by atoms with van der Waals surface area (Å²) in [5.74, 6) is -0.0439. The quantitative estimate of drug-likeness (QED) is 0.832. The van der Waals surface area contributed by atoms with Crippen molar-refractivity contribution in [1.82, 2.24) is 0 Å². The number of hydrogen-bond acceptors (Lipinski definition) is 1. The normalized spacial score (nSPS) is 11.4. The molecule has 0 saturated carbocycles. The van der Waals surface area contributed by atoms with Crippen molar-refractivity contribution in [3.8, 4) is 0 Å². The molecule has 1 aromatic rings. The topological polar surface area (TPSA) is 29.1 Å². The third kappa shape index (κ3) is 3.49. The minimum absolute atomic E-state index is 0.0439. The summed E-state index contributed by atoms with van der Waals surface area (Å²) in [6.07, 6.45) is 2.79. The van der Waals surface area contributed by atoms with Gasteiger partial charge in [0.05, 0.1) is 0 Å². The van der Waals surface area contributed by atoms with Crippen LogP contribution in [0.5, 0.6) is 0 Å². The number of hydrogen-bond donors (Lipinski definition) is 1. The van der Waals surface area contributed by atoms with Crippen LogP contribution >= 0.6 is 15.9 Å². The van der Waals surface area contributed by atoms with Crippen LogP contribution in [0.2, 0.25) is 0 Å². The fourth-order valence-corrected chi connectivity index (χ4v) is 1.68. The van der Waals surface area contributed by atoms with Crippen LogP contribution in [0.4, 0.5) is 5.69 Å². The summed E-state index contributed by atoms with van der Waals surface area (Å²) in [6.45, 7) is 5.85. The Balaban J connectivity index is 2.77. The molecule has 86 valence electrons. The molecule has 16 heavy (non-hydrogen) atoms. The summed E-state index contributed by atoms with van der Waals surface area (Å²) in [7, 11) is 0. The van der Waals surface area contributed by atoms with E-state index in [9.17, 15) is 4.79 Å². The first-order valence-electron chi connectivity index (χ1n) is 5.29. The van der Waals surface area contributed by atoms with E-state index in [2.05, 4.69) is 21.2 Å². The first-order valence-corrected chi connectivity index (χ1v) is 6.08. The Kier molecular flexibility index (Phi) is 4.74. The summed E-state index contributed by atoms with van der Waals surface area (Å²) in [5, 5.41) is 2.86. The van der Waals surface area contributed by atoms with E-state index in [1.165, 1.54) is 0 Å². The molecule has 0 spiro atoms. The summed E-state index contributed by atoms with van der Waals surface area (Å²) in [6, 6.07) is 5.78. The number of carbonyl (C=O) groups is 1. The number of amides is 1. The van der Waals surface area contributed by atoms with E-state index in [0.29, 0.717) is 0 Å². The lowest BCUT2D eigenvalue weighted by molar-refractivity contribution is -0.112. The summed E-state index contributed by atoms with van der Waals surface area (Å²) in [5.41, 5.74) is 2.71. The van der Waals surface area contributed by atoms with Crippen molar-refractivity contribution in [3.63, 3.8) is 0 Å². The molecule has 0 radical (unpaired) electrons. The van der Waals surface area contributed by atoms with E-state index >= 15 is 0 Å². The second kappa shape index (κ2) is 5.85. The highest BCUT2D eigenvalue weighted by Crippen LogP contribution is 2.20. The van der Waals surface area contributed by atoms with Crippen molar-refractivity contribution >= 4 is 27.5 Å².